The van der Waals surface area contributed by atoms with Gasteiger partial charge in [-0.25, -0.2) is 4.79 Å². The molecule has 0 fully saturated rings. The molecule has 4 nitrogen and oxygen atoms in total. The number of ether oxygens (including phenoxy) is 1. The van der Waals surface area contributed by atoms with Crippen molar-refractivity contribution in [2.75, 3.05) is 6.61 Å². The number of rotatable bonds is 3. The van der Waals surface area contributed by atoms with E-state index in [0.29, 0.717) is 18.0 Å². The fraction of sp³-hybridized carbons (Fsp3) is 0.167. The Morgan fingerprint density at radius 2 is 2.24 bits per heavy atom. The average molecular weight is 295 g/mol. The highest BCUT2D eigenvalue weighted by atomic mass is 79.9. The summed E-state index contributed by atoms with van der Waals surface area (Å²) in [4.78, 5) is 11.5. The van der Waals surface area contributed by atoms with E-state index < -0.39 is 5.97 Å². The average Bonchev–Trinajstić information content (AvgIpc) is 2.79. The van der Waals surface area contributed by atoms with Crippen molar-refractivity contribution in [2.45, 2.75) is 6.92 Å². The number of carbonyl (C=O) groups excluding carboxylic acids is 1. The molecule has 17 heavy (non-hydrogen) atoms. The Morgan fingerprint density at radius 3 is 2.94 bits per heavy atom. The molecule has 0 aliphatic heterocycles. The zero-order chi connectivity index (χ0) is 12.3. The van der Waals surface area contributed by atoms with Crippen LogP contribution in [-0.4, -0.2) is 22.8 Å². The maximum atomic E-state index is 11.5. The standard InChI is InChI=1S/C12H11BrN2O2/c1-2-17-12(16)11-7-10(14-15-11)8-5-3-4-6-9(8)13/h3-7H,2H2,1H3,(H,14,15). The third-order valence-electron chi connectivity index (χ3n) is 2.22. The normalized spacial score (nSPS) is 10.2. The number of halogens is 1. The molecular formula is C12H11BrN2O2. The van der Waals surface area contributed by atoms with Crippen LogP contribution in [0.4, 0.5) is 0 Å². The van der Waals surface area contributed by atoms with Crippen molar-refractivity contribution in [3.05, 3.63) is 40.5 Å². The molecule has 2 aromatic rings. The molecule has 0 saturated carbocycles. The number of hydrogen-bond donors (Lipinski definition) is 1. The van der Waals surface area contributed by atoms with Crippen molar-refractivity contribution < 1.29 is 9.53 Å². The first kappa shape index (κ1) is 11.9. The maximum absolute atomic E-state index is 11.5. The van der Waals surface area contributed by atoms with Gasteiger partial charge in [0.15, 0.2) is 0 Å². The summed E-state index contributed by atoms with van der Waals surface area (Å²) in [5.74, 6) is -0.390. The summed E-state index contributed by atoms with van der Waals surface area (Å²) in [5.41, 5.74) is 2.00. The fourth-order valence-electron chi connectivity index (χ4n) is 1.44. The second-order valence-corrected chi connectivity index (χ2v) is 4.22. The lowest BCUT2D eigenvalue weighted by Gasteiger charge is -1.98. The van der Waals surface area contributed by atoms with Gasteiger partial charge in [0.1, 0.15) is 5.69 Å². The lowest BCUT2D eigenvalue weighted by molar-refractivity contribution is 0.0519. The Morgan fingerprint density at radius 1 is 1.47 bits per heavy atom. The number of esters is 1. The molecule has 0 saturated heterocycles. The predicted molar refractivity (Wildman–Crippen MR) is 67.7 cm³/mol. The van der Waals surface area contributed by atoms with Gasteiger partial charge in [0.25, 0.3) is 0 Å². The van der Waals surface area contributed by atoms with Crippen LogP contribution in [0.2, 0.25) is 0 Å². The molecule has 0 bridgehead atoms. The molecule has 1 aromatic heterocycles. The Bertz CT molecular complexity index is 537. The lowest BCUT2D eigenvalue weighted by Crippen LogP contribution is -2.04. The Labute approximate surface area is 107 Å². The highest BCUT2D eigenvalue weighted by Gasteiger charge is 2.12. The molecule has 0 atom stereocenters. The van der Waals surface area contributed by atoms with E-state index in [4.69, 9.17) is 4.74 Å². The fourth-order valence-corrected chi connectivity index (χ4v) is 1.93. The minimum Gasteiger partial charge on any atom is -0.461 e. The van der Waals surface area contributed by atoms with Crippen molar-refractivity contribution in [2.24, 2.45) is 0 Å². The van der Waals surface area contributed by atoms with Gasteiger partial charge in [0.2, 0.25) is 0 Å². The van der Waals surface area contributed by atoms with Crippen LogP contribution >= 0.6 is 15.9 Å². The van der Waals surface area contributed by atoms with E-state index in [1.165, 1.54) is 0 Å². The molecule has 2 rings (SSSR count). The first-order valence-corrected chi connectivity index (χ1v) is 5.99. The van der Waals surface area contributed by atoms with Crippen LogP contribution in [0, 0.1) is 0 Å². The van der Waals surface area contributed by atoms with Gasteiger partial charge in [-0.2, -0.15) is 5.10 Å². The number of benzene rings is 1. The van der Waals surface area contributed by atoms with E-state index >= 15 is 0 Å². The van der Waals surface area contributed by atoms with Crippen molar-refractivity contribution in [3.8, 4) is 11.3 Å². The van der Waals surface area contributed by atoms with Gasteiger partial charge in [0.05, 0.1) is 12.3 Å². The Hall–Kier alpha value is -1.62. The van der Waals surface area contributed by atoms with Crippen LogP contribution in [0.1, 0.15) is 17.4 Å². The van der Waals surface area contributed by atoms with Gasteiger partial charge in [-0.05, 0) is 19.1 Å². The summed E-state index contributed by atoms with van der Waals surface area (Å²) < 4.78 is 5.82. The number of nitrogens with one attached hydrogen (secondary N) is 1. The van der Waals surface area contributed by atoms with Crippen molar-refractivity contribution in [1.29, 1.82) is 0 Å². The highest BCUT2D eigenvalue weighted by Crippen LogP contribution is 2.26. The largest absolute Gasteiger partial charge is 0.461 e. The minimum atomic E-state index is -0.390. The molecule has 0 unspecified atom stereocenters. The number of H-pyrrole nitrogens is 1. The van der Waals surface area contributed by atoms with Crippen LogP contribution in [0.15, 0.2) is 34.8 Å². The smallest absolute Gasteiger partial charge is 0.356 e. The molecule has 0 radical (unpaired) electrons. The van der Waals surface area contributed by atoms with Crippen LogP contribution < -0.4 is 0 Å². The van der Waals surface area contributed by atoms with Gasteiger partial charge in [0, 0.05) is 10.0 Å². The molecule has 0 aliphatic carbocycles. The topological polar surface area (TPSA) is 55.0 Å². The number of aromatic nitrogens is 2. The van der Waals surface area contributed by atoms with Gasteiger partial charge >= 0.3 is 5.97 Å². The van der Waals surface area contributed by atoms with Gasteiger partial charge in [-0.3, -0.25) is 5.10 Å². The second kappa shape index (κ2) is 5.14. The monoisotopic (exact) mass is 294 g/mol. The zero-order valence-corrected chi connectivity index (χ0v) is 10.8. The first-order valence-electron chi connectivity index (χ1n) is 5.19. The number of nitrogens with zero attached hydrogens (tertiary/aromatic N) is 1. The maximum Gasteiger partial charge on any atom is 0.356 e. The van der Waals surface area contributed by atoms with Gasteiger partial charge < -0.3 is 4.74 Å². The summed E-state index contributed by atoms with van der Waals surface area (Å²) >= 11 is 3.44. The predicted octanol–water partition coefficient (Wildman–Crippen LogP) is 3.02. The van der Waals surface area contributed by atoms with Crippen LogP contribution in [0.25, 0.3) is 11.3 Å². The third-order valence-corrected chi connectivity index (χ3v) is 2.91. The minimum absolute atomic E-state index is 0.349. The summed E-state index contributed by atoms with van der Waals surface area (Å²) in [5, 5.41) is 6.77. The van der Waals surface area contributed by atoms with Crippen molar-refractivity contribution in [3.63, 3.8) is 0 Å². The molecule has 88 valence electrons. The van der Waals surface area contributed by atoms with Gasteiger partial charge in [-0.15, -0.1) is 0 Å². The SMILES string of the molecule is CCOC(=O)c1cc(-c2ccccc2Br)n[nH]1. The molecule has 1 N–H and O–H groups in total. The Balaban J connectivity index is 2.30. The molecular weight excluding hydrogens is 284 g/mol. The van der Waals surface area contributed by atoms with E-state index in [9.17, 15) is 4.79 Å². The van der Waals surface area contributed by atoms with E-state index in [1.807, 2.05) is 24.3 Å². The second-order valence-electron chi connectivity index (χ2n) is 3.37. The summed E-state index contributed by atoms with van der Waals surface area (Å²) in [6.07, 6.45) is 0. The molecule has 5 heteroatoms. The third kappa shape index (κ3) is 2.55. The van der Waals surface area contributed by atoms with Crippen molar-refractivity contribution >= 4 is 21.9 Å². The van der Waals surface area contributed by atoms with Crippen LogP contribution in [0.5, 0.6) is 0 Å². The van der Waals surface area contributed by atoms with Crippen LogP contribution in [-0.2, 0) is 4.74 Å². The molecule has 0 amide bonds. The summed E-state index contributed by atoms with van der Waals surface area (Å²) in [6, 6.07) is 9.37. The quantitative estimate of drug-likeness (QED) is 0.886. The number of carbonyl (C=O) groups is 1. The van der Waals surface area contributed by atoms with Gasteiger partial charge in [-0.1, -0.05) is 34.1 Å². The van der Waals surface area contributed by atoms with E-state index in [-0.39, 0.29) is 0 Å². The lowest BCUT2D eigenvalue weighted by atomic mass is 10.1. The highest BCUT2D eigenvalue weighted by molar-refractivity contribution is 9.10. The molecule has 1 aromatic carbocycles. The van der Waals surface area contributed by atoms with E-state index in [1.54, 1.807) is 13.0 Å². The van der Waals surface area contributed by atoms with Crippen LogP contribution in [0.3, 0.4) is 0 Å². The summed E-state index contributed by atoms with van der Waals surface area (Å²) in [6.45, 7) is 2.12. The molecule has 0 aliphatic rings. The van der Waals surface area contributed by atoms with Crippen molar-refractivity contribution in [1.82, 2.24) is 10.2 Å². The Kier molecular flexibility index (Phi) is 3.58. The number of aromatic amines is 1. The summed E-state index contributed by atoms with van der Waals surface area (Å²) in [7, 11) is 0. The van der Waals surface area contributed by atoms with E-state index in [2.05, 4.69) is 26.1 Å². The molecule has 1 heterocycles. The first-order chi connectivity index (χ1) is 8.22. The zero-order valence-electron chi connectivity index (χ0n) is 9.24. The van der Waals surface area contributed by atoms with E-state index in [0.717, 1.165) is 10.0 Å². The molecule has 0 spiro atoms. The number of hydrogen-bond acceptors (Lipinski definition) is 3.